The second-order valence-corrected chi connectivity index (χ2v) is 8.45. The minimum absolute atomic E-state index is 0.0172. The number of carbonyl (C=O) groups is 1. The summed E-state index contributed by atoms with van der Waals surface area (Å²) in [4.78, 5) is 26.3. The third-order valence-corrected chi connectivity index (χ3v) is 6.56. The van der Waals surface area contributed by atoms with E-state index in [2.05, 4.69) is 12.0 Å². The molecule has 0 bridgehead atoms. The number of halogens is 1. The fourth-order valence-electron chi connectivity index (χ4n) is 4.93. The monoisotopic (exact) mass is 407 g/mol. The number of anilines is 1. The average Bonchev–Trinajstić information content (AvgIpc) is 3.46. The van der Waals surface area contributed by atoms with Crippen LogP contribution < -0.4 is 16.1 Å². The molecule has 3 N–H and O–H groups in total. The van der Waals surface area contributed by atoms with Crippen LogP contribution in [0.2, 0.25) is 0 Å². The predicted octanol–water partition coefficient (Wildman–Crippen LogP) is 2.64. The van der Waals surface area contributed by atoms with Gasteiger partial charge in [0.15, 0.2) is 0 Å². The second kappa shape index (κ2) is 6.71. The number of carboxylic acids is 1. The van der Waals surface area contributed by atoms with Gasteiger partial charge in [-0.3, -0.25) is 4.79 Å². The zero-order valence-electron chi connectivity index (χ0n) is 16.4. The van der Waals surface area contributed by atoms with Crippen molar-refractivity contribution < 1.29 is 14.3 Å². The van der Waals surface area contributed by atoms with Crippen molar-refractivity contribution in [3.63, 3.8) is 0 Å². The van der Waals surface area contributed by atoms with E-state index in [-0.39, 0.29) is 29.0 Å². The molecule has 0 amide bonds. The van der Waals surface area contributed by atoms with Crippen LogP contribution in [0.4, 0.5) is 10.1 Å². The Morgan fingerprint density at radius 1 is 1.33 bits per heavy atom. The molecule has 0 spiro atoms. The first-order chi connectivity index (χ1) is 14.4. The van der Waals surface area contributed by atoms with Crippen LogP contribution in [0.5, 0.6) is 0 Å². The molecule has 3 aliphatic rings. The number of allylic oxidation sites excluding steroid dienone is 1. The number of carboxylic acid groups (broad SMARTS) is 1. The van der Waals surface area contributed by atoms with Gasteiger partial charge in [0.25, 0.3) is 0 Å². The second-order valence-electron chi connectivity index (χ2n) is 8.45. The van der Waals surface area contributed by atoms with Crippen molar-refractivity contribution in [2.75, 3.05) is 18.0 Å². The largest absolute Gasteiger partial charge is 0.477 e. The number of hydrogen-bond acceptors (Lipinski definition) is 4. The van der Waals surface area contributed by atoms with Crippen LogP contribution >= 0.6 is 0 Å². The van der Waals surface area contributed by atoms with Crippen molar-refractivity contribution in [1.82, 2.24) is 4.57 Å². The minimum atomic E-state index is -1.33. The molecular weight excluding hydrogens is 385 g/mol. The summed E-state index contributed by atoms with van der Waals surface area (Å²) >= 11 is 0. The number of terminal acetylenes is 1. The predicted molar refractivity (Wildman–Crippen MR) is 112 cm³/mol. The van der Waals surface area contributed by atoms with Crippen molar-refractivity contribution in [2.24, 2.45) is 11.7 Å². The first-order valence-corrected chi connectivity index (χ1v) is 10.2. The van der Waals surface area contributed by atoms with E-state index in [1.54, 1.807) is 4.57 Å². The third kappa shape index (κ3) is 2.75. The first kappa shape index (κ1) is 18.9. The highest BCUT2D eigenvalue weighted by atomic mass is 19.1. The summed E-state index contributed by atoms with van der Waals surface area (Å²) in [6, 6.07) is 1.25. The maximum atomic E-state index is 15.4. The maximum Gasteiger partial charge on any atom is 0.341 e. The van der Waals surface area contributed by atoms with E-state index in [0.717, 1.165) is 31.7 Å². The van der Waals surface area contributed by atoms with Crippen LogP contribution in [0.15, 0.2) is 28.7 Å². The van der Waals surface area contributed by atoms with Crippen LogP contribution in [0.25, 0.3) is 10.9 Å². The van der Waals surface area contributed by atoms with Gasteiger partial charge in [-0.25, -0.2) is 9.18 Å². The number of aromatic nitrogens is 1. The van der Waals surface area contributed by atoms with Crippen LogP contribution in [0.1, 0.15) is 47.6 Å². The smallest absolute Gasteiger partial charge is 0.341 e. The lowest BCUT2D eigenvalue weighted by atomic mass is 9.86. The topological polar surface area (TPSA) is 88.6 Å². The van der Waals surface area contributed by atoms with Gasteiger partial charge in [0.2, 0.25) is 5.43 Å². The Morgan fingerprint density at radius 2 is 2.10 bits per heavy atom. The molecule has 0 radical (unpaired) electrons. The van der Waals surface area contributed by atoms with Crippen molar-refractivity contribution in [1.29, 1.82) is 0 Å². The number of benzene rings is 1. The van der Waals surface area contributed by atoms with Gasteiger partial charge in [0.05, 0.1) is 22.2 Å². The zero-order chi connectivity index (χ0) is 21.2. The van der Waals surface area contributed by atoms with Gasteiger partial charge in [-0.15, -0.1) is 6.42 Å². The first-order valence-electron chi connectivity index (χ1n) is 10.2. The molecule has 5 rings (SSSR count). The molecule has 2 aromatic rings. The van der Waals surface area contributed by atoms with E-state index in [1.807, 2.05) is 4.90 Å². The van der Waals surface area contributed by atoms with Crippen LogP contribution in [0.3, 0.4) is 0 Å². The molecule has 2 aliphatic carbocycles. The van der Waals surface area contributed by atoms with Gasteiger partial charge in [-0.05, 0) is 37.3 Å². The fourth-order valence-corrected chi connectivity index (χ4v) is 4.93. The van der Waals surface area contributed by atoms with Gasteiger partial charge in [-0.2, -0.15) is 0 Å². The minimum Gasteiger partial charge on any atom is -0.477 e. The van der Waals surface area contributed by atoms with Crippen LogP contribution in [-0.2, 0) is 0 Å². The van der Waals surface area contributed by atoms with Crippen LogP contribution in [-0.4, -0.2) is 34.8 Å². The van der Waals surface area contributed by atoms with E-state index in [9.17, 15) is 14.7 Å². The molecule has 2 heterocycles. The Hall–Kier alpha value is -3.11. The number of nitrogens with two attached hydrogens (primary N) is 1. The lowest BCUT2D eigenvalue weighted by Gasteiger charge is -2.25. The molecule has 2 unspecified atom stereocenters. The van der Waals surface area contributed by atoms with Gasteiger partial charge >= 0.3 is 5.97 Å². The number of hydrogen-bond donors (Lipinski definition) is 2. The third-order valence-electron chi connectivity index (χ3n) is 6.56. The normalized spacial score (nSPS) is 23.2. The highest BCUT2D eigenvalue weighted by Gasteiger charge is 2.37. The van der Waals surface area contributed by atoms with E-state index in [1.165, 1.54) is 11.8 Å². The van der Waals surface area contributed by atoms with Crippen molar-refractivity contribution in [2.45, 2.75) is 37.8 Å². The highest BCUT2D eigenvalue weighted by Crippen LogP contribution is 2.42. The number of pyridine rings is 1. The van der Waals surface area contributed by atoms with E-state index in [4.69, 9.17) is 12.2 Å². The molecule has 1 saturated heterocycles. The van der Waals surface area contributed by atoms with E-state index >= 15 is 4.39 Å². The van der Waals surface area contributed by atoms with Crippen LogP contribution in [0, 0.1) is 24.1 Å². The molecule has 6 nitrogen and oxygen atoms in total. The highest BCUT2D eigenvalue weighted by molar-refractivity contribution is 5.97. The number of nitrogens with zero attached hydrogens (tertiary/aromatic N) is 2. The van der Waals surface area contributed by atoms with Gasteiger partial charge in [0.1, 0.15) is 11.4 Å². The summed E-state index contributed by atoms with van der Waals surface area (Å²) in [7, 11) is 0. The molecule has 1 aliphatic heterocycles. The Kier molecular flexibility index (Phi) is 4.23. The van der Waals surface area contributed by atoms with Crippen molar-refractivity contribution in [3.8, 4) is 12.3 Å². The fraction of sp³-hybridized carbons (Fsp3) is 0.391. The van der Waals surface area contributed by atoms with Gasteiger partial charge < -0.3 is 20.3 Å². The Bertz CT molecular complexity index is 1220. The lowest BCUT2D eigenvalue weighted by molar-refractivity contribution is 0.0695. The molecule has 30 heavy (non-hydrogen) atoms. The zero-order valence-corrected chi connectivity index (χ0v) is 16.4. The summed E-state index contributed by atoms with van der Waals surface area (Å²) in [5.41, 5.74) is 7.46. The maximum absolute atomic E-state index is 15.4. The molecule has 2 atom stereocenters. The SMILES string of the molecule is C#Cc1c(N2CC3=CCCC(N)C3C2)c(F)cc2c(=O)c(C(=O)O)cn(C3CC3)c12. The average molecular weight is 407 g/mol. The molecular formula is C23H22FN3O3. The molecule has 7 heteroatoms. The molecule has 1 aromatic carbocycles. The summed E-state index contributed by atoms with van der Waals surface area (Å²) in [6.45, 7) is 1.13. The lowest BCUT2D eigenvalue weighted by Crippen LogP contribution is -2.34. The summed E-state index contributed by atoms with van der Waals surface area (Å²) in [6.07, 6.45) is 12.9. The summed E-state index contributed by atoms with van der Waals surface area (Å²) in [5.74, 6) is 0.842. The molecule has 1 aromatic heterocycles. The molecule has 2 fully saturated rings. The Balaban J connectivity index is 1.75. The van der Waals surface area contributed by atoms with E-state index < -0.39 is 17.2 Å². The quantitative estimate of drug-likeness (QED) is 0.603. The number of fused-ring (bicyclic) bond motifs is 2. The number of aromatic carboxylic acids is 1. The number of rotatable bonds is 3. The van der Waals surface area contributed by atoms with E-state index in [0.29, 0.717) is 29.9 Å². The standard InChI is InChI=1S/C23H22FN3O3/c1-2-14-20-15(22(28)17(23(29)30)11-27(20)13-6-7-13)8-18(24)21(14)26-9-12-4-3-5-19(25)16(12)10-26/h1,4,8,11,13,16,19H,3,5-7,9-10,25H2,(H,29,30). The molecule has 1 saturated carbocycles. The summed E-state index contributed by atoms with van der Waals surface area (Å²) < 4.78 is 17.1. The molecule has 154 valence electrons. The van der Waals surface area contributed by atoms with Crippen molar-refractivity contribution >= 4 is 22.6 Å². The Morgan fingerprint density at radius 3 is 2.73 bits per heavy atom. The summed E-state index contributed by atoms with van der Waals surface area (Å²) in [5, 5.41) is 9.46. The Labute approximate surface area is 172 Å². The van der Waals surface area contributed by atoms with Gasteiger partial charge in [0, 0.05) is 37.3 Å². The van der Waals surface area contributed by atoms with Crippen molar-refractivity contribution in [3.05, 3.63) is 51.1 Å². The van der Waals surface area contributed by atoms with Gasteiger partial charge in [-0.1, -0.05) is 12.0 Å².